The maximum Gasteiger partial charge on any atom is 0.191 e. The second-order valence-corrected chi connectivity index (χ2v) is 9.38. The summed E-state index contributed by atoms with van der Waals surface area (Å²) in [5.41, 5.74) is 3.96. The number of guanidine groups is 1. The molecule has 0 amide bonds. The lowest BCUT2D eigenvalue weighted by Crippen LogP contribution is -2.39. The van der Waals surface area contributed by atoms with Gasteiger partial charge in [-0.25, -0.2) is 8.42 Å². The summed E-state index contributed by atoms with van der Waals surface area (Å²) in [5, 5.41) is 11.1. The van der Waals surface area contributed by atoms with E-state index >= 15 is 0 Å². The van der Waals surface area contributed by atoms with Crippen LogP contribution in [0, 0.1) is 26.7 Å². The minimum absolute atomic E-state index is 0.372. The fraction of sp³-hybridized carbons (Fsp3) is 0.500. The van der Waals surface area contributed by atoms with Crippen molar-refractivity contribution in [1.29, 1.82) is 0 Å². The zero-order chi connectivity index (χ0) is 20.9. The third-order valence-electron chi connectivity index (χ3n) is 4.53. The first-order valence-electron chi connectivity index (χ1n) is 9.35. The van der Waals surface area contributed by atoms with Crippen molar-refractivity contribution in [3.05, 3.63) is 46.8 Å². The van der Waals surface area contributed by atoms with Crippen LogP contribution >= 0.6 is 0 Å². The van der Waals surface area contributed by atoms with Crippen molar-refractivity contribution < 1.29 is 8.42 Å². The molecule has 1 atom stereocenters. The Morgan fingerprint density at radius 1 is 1.21 bits per heavy atom. The van der Waals surface area contributed by atoms with Crippen molar-refractivity contribution in [1.82, 2.24) is 20.4 Å². The van der Waals surface area contributed by atoms with E-state index in [4.69, 9.17) is 0 Å². The zero-order valence-electron chi connectivity index (χ0n) is 17.6. The second-order valence-electron chi connectivity index (χ2n) is 7.39. The molecule has 1 heterocycles. The molecule has 8 heteroatoms. The first-order valence-corrected chi connectivity index (χ1v) is 11.2. The second kappa shape index (κ2) is 9.23. The van der Waals surface area contributed by atoms with Gasteiger partial charge in [0.1, 0.15) is 0 Å². The number of benzene rings is 1. The highest BCUT2D eigenvalue weighted by Gasteiger charge is 2.11. The van der Waals surface area contributed by atoms with Gasteiger partial charge in [-0.3, -0.25) is 9.67 Å². The van der Waals surface area contributed by atoms with E-state index in [9.17, 15) is 8.42 Å². The number of nitrogens with one attached hydrogen (secondary N) is 2. The van der Waals surface area contributed by atoms with Gasteiger partial charge in [0.15, 0.2) is 15.8 Å². The molecule has 28 heavy (non-hydrogen) atoms. The lowest BCUT2D eigenvalue weighted by Gasteiger charge is -2.17. The van der Waals surface area contributed by atoms with Gasteiger partial charge in [-0.05, 0) is 49.9 Å². The van der Waals surface area contributed by atoms with Crippen LogP contribution in [-0.2, 0) is 22.9 Å². The molecule has 0 aliphatic heterocycles. The molecule has 0 aliphatic carbocycles. The van der Waals surface area contributed by atoms with Crippen LogP contribution in [0.4, 0.5) is 0 Å². The van der Waals surface area contributed by atoms with E-state index in [-0.39, 0.29) is 0 Å². The molecule has 0 bridgehead atoms. The van der Waals surface area contributed by atoms with Crippen LogP contribution in [0.1, 0.15) is 29.4 Å². The number of rotatable bonds is 7. The van der Waals surface area contributed by atoms with Gasteiger partial charge < -0.3 is 10.6 Å². The minimum Gasteiger partial charge on any atom is -0.356 e. The van der Waals surface area contributed by atoms with Crippen LogP contribution in [-0.4, -0.2) is 44.0 Å². The van der Waals surface area contributed by atoms with E-state index in [0.29, 0.717) is 23.3 Å². The highest BCUT2D eigenvalue weighted by Crippen LogP contribution is 2.16. The van der Waals surface area contributed by atoms with Gasteiger partial charge in [-0.15, -0.1) is 0 Å². The Morgan fingerprint density at radius 2 is 1.93 bits per heavy atom. The van der Waals surface area contributed by atoms with Crippen molar-refractivity contribution in [3.63, 3.8) is 0 Å². The zero-order valence-corrected chi connectivity index (χ0v) is 18.4. The number of aryl methyl sites for hydroxylation is 3. The van der Waals surface area contributed by atoms with E-state index in [0.717, 1.165) is 29.9 Å². The number of aliphatic imine (C=N–C) groups is 1. The van der Waals surface area contributed by atoms with Gasteiger partial charge in [-0.1, -0.05) is 19.1 Å². The Kier molecular flexibility index (Phi) is 7.23. The van der Waals surface area contributed by atoms with E-state index in [1.807, 2.05) is 30.7 Å². The monoisotopic (exact) mass is 405 g/mol. The summed E-state index contributed by atoms with van der Waals surface area (Å²) in [6.45, 7) is 10.2. The third-order valence-corrected chi connectivity index (χ3v) is 5.79. The number of hydrogen-bond acceptors (Lipinski definition) is 4. The lowest BCUT2D eigenvalue weighted by atomic mass is 10.1. The maximum atomic E-state index is 11.7. The third kappa shape index (κ3) is 6.09. The van der Waals surface area contributed by atoms with Crippen molar-refractivity contribution in [2.75, 3.05) is 19.8 Å². The molecule has 0 saturated carbocycles. The summed E-state index contributed by atoms with van der Waals surface area (Å²) in [6, 6.07) is 7.46. The normalized spacial score (nSPS) is 13.4. The first kappa shape index (κ1) is 21.9. The SMILES string of the molecule is CN=C(NCc1ccc(S(C)(=O)=O)c(C)c1)NCC(C)Cn1nc(C)cc1C. The van der Waals surface area contributed by atoms with E-state index < -0.39 is 9.84 Å². The van der Waals surface area contributed by atoms with E-state index in [1.165, 1.54) is 11.9 Å². The fourth-order valence-corrected chi connectivity index (χ4v) is 4.09. The molecule has 1 aromatic heterocycles. The van der Waals surface area contributed by atoms with Crippen LogP contribution in [0.2, 0.25) is 0 Å². The van der Waals surface area contributed by atoms with Gasteiger partial charge in [-0.2, -0.15) is 5.10 Å². The van der Waals surface area contributed by atoms with Crippen LogP contribution < -0.4 is 10.6 Å². The van der Waals surface area contributed by atoms with Crippen molar-refractivity contribution in [2.45, 2.75) is 45.7 Å². The molecular formula is C20H31N5O2S. The molecule has 7 nitrogen and oxygen atoms in total. The average molecular weight is 406 g/mol. The number of sulfone groups is 1. The quantitative estimate of drug-likeness (QED) is 0.545. The summed E-state index contributed by atoms with van der Waals surface area (Å²) in [7, 11) is -1.46. The van der Waals surface area contributed by atoms with Crippen molar-refractivity contribution >= 4 is 15.8 Å². The molecule has 0 radical (unpaired) electrons. The predicted octanol–water partition coefficient (Wildman–Crippen LogP) is 2.21. The molecule has 2 aromatic rings. The largest absolute Gasteiger partial charge is 0.356 e. The number of nitrogens with zero attached hydrogens (tertiary/aromatic N) is 3. The number of aromatic nitrogens is 2. The van der Waals surface area contributed by atoms with Gasteiger partial charge in [0.05, 0.1) is 10.6 Å². The Bertz CT molecular complexity index is 948. The molecule has 2 N–H and O–H groups in total. The maximum absolute atomic E-state index is 11.7. The molecule has 0 saturated heterocycles. The average Bonchev–Trinajstić information content (AvgIpc) is 2.91. The lowest BCUT2D eigenvalue weighted by molar-refractivity contribution is 0.436. The molecule has 0 aliphatic rings. The standard InChI is InChI=1S/C20H31N5O2S/c1-14(13-25-17(4)10-16(3)24-25)11-22-20(21-5)23-12-18-7-8-19(15(2)9-18)28(6,26)27/h7-10,14H,11-13H2,1-6H3,(H2,21,22,23). The van der Waals surface area contributed by atoms with Gasteiger partial charge in [0.25, 0.3) is 0 Å². The van der Waals surface area contributed by atoms with Gasteiger partial charge in [0, 0.05) is 38.6 Å². The topological polar surface area (TPSA) is 88.4 Å². The first-order chi connectivity index (χ1) is 13.1. The Balaban J connectivity index is 1.87. The predicted molar refractivity (Wildman–Crippen MR) is 113 cm³/mol. The van der Waals surface area contributed by atoms with Crippen molar-refractivity contribution in [3.8, 4) is 0 Å². The summed E-state index contributed by atoms with van der Waals surface area (Å²) in [4.78, 5) is 4.63. The van der Waals surface area contributed by atoms with Gasteiger partial charge >= 0.3 is 0 Å². The van der Waals surface area contributed by atoms with Crippen LogP contribution in [0.25, 0.3) is 0 Å². The van der Waals surface area contributed by atoms with Crippen LogP contribution in [0.15, 0.2) is 34.2 Å². The number of hydrogen-bond donors (Lipinski definition) is 2. The summed E-state index contributed by atoms with van der Waals surface area (Å²) in [6.07, 6.45) is 1.23. The fourth-order valence-electron chi connectivity index (χ4n) is 3.13. The highest BCUT2D eigenvalue weighted by molar-refractivity contribution is 7.90. The molecule has 0 fully saturated rings. The smallest absolute Gasteiger partial charge is 0.191 e. The molecule has 154 valence electrons. The van der Waals surface area contributed by atoms with E-state index in [1.54, 1.807) is 13.1 Å². The summed E-state index contributed by atoms with van der Waals surface area (Å²) in [5.74, 6) is 1.10. The van der Waals surface area contributed by atoms with E-state index in [2.05, 4.69) is 40.6 Å². The Morgan fingerprint density at radius 3 is 2.46 bits per heavy atom. The molecule has 2 rings (SSSR count). The molecular weight excluding hydrogens is 374 g/mol. The molecule has 1 unspecified atom stereocenters. The van der Waals surface area contributed by atoms with Crippen LogP contribution in [0.3, 0.4) is 0 Å². The highest BCUT2D eigenvalue weighted by atomic mass is 32.2. The minimum atomic E-state index is -3.20. The Labute approximate surface area is 168 Å². The Hall–Kier alpha value is -2.35. The molecule has 1 aromatic carbocycles. The summed E-state index contributed by atoms with van der Waals surface area (Å²) >= 11 is 0. The molecule has 0 spiro atoms. The van der Waals surface area contributed by atoms with Crippen LogP contribution in [0.5, 0.6) is 0 Å². The van der Waals surface area contributed by atoms with Crippen molar-refractivity contribution in [2.24, 2.45) is 10.9 Å². The van der Waals surface area contributed by atoms with Gasteiger partial charge in [0.2, 0.25) is 0 Å². The summed E-state index contributed by atoms with van der Waals surface area (Å²) < 4.78 is 25.5.